The number of esters is 3. The molecule has 0 amide bonds. The second-order valence-electron chi connectivity index (χ2n) is 8.43. The van der Waals surface area contributed by atoms with Crippen molar-refractivity contribution in [1.29, 1.82) is 0 Å². The maximum absolute atomic E-state index is 12.9. The van der Waals surface area contributed by atoms with Crippen LogP contribution in [0.4, 0.5) is 0 Å². The van der Waals surface area contributed by atoms with Gasteiger partial charge in [0.1, 0.15) is 24.3 Å². The summed E-state index contributed by atoms with van der Waals surface area (Å²) in [5, 5.41) is 11.4. The summed E-state index contributed by atoms with van der Waals surface area (Å²) in [6.07, 6.45) is -4.90. The van der Waals surface area contributed by atoms with Crippen molar-refractivity contribution in [3.8, 4) is 0 Å². The molecular weight excluding hydrogens is 508 g/mol. The first-order valence-corrected chi connectivity index (χ1v) is 13.2. The van der Waals surface area contributed by atoms with E-state index in [1.54, 1.807) is 91.0 Å². The molecule has 1 heterocycles. The minimum absolute atomic E-state index is 0.266. The van der Waals surface area contributed by atoms with Crippen molar-refractivity contribution in [2.45, 2.75) is 36.8 Å². The van der Waals surface area contributed by atoms with E-state index in [-0.39, 0.29) is 12.2 Å². The van der Waals surface area contributed by atoms with Crippen LogP contribution in [0.2, 0.25) is 0 Å². The number of thioether (sulfide) groups is 1. The Labute approximate surface area is 224 Å². The third-order valence-corrected chi connectivity index (χ3v) is 6.88. The largest absolute Gasteiger partial charge is 0.459 e. The van der Waals surface area contributed by atoms with E-state index in [1.165, 1.54) is 11.8 Å². The van der Waals surface area contributed by atoms with Gasteiger partial charge in [0, 0.05) is 0 Å². The molecular formula is C29H28O8S. The minimum Gasteiger partial charge on any atom is -0.459 e. The number of ether oxygens (including phenoxy) is 4. The third kappa shape index (κ3) is 6.80. The summed E-state index contributed by atoms with van der Waals surface area (Å²) in [7, 11) is 0. The van der Waals surface area contributed by atoms with Gasteiger partial charge in [-0.25, -0.2) is 14.4 Å². The van der Waals surface area contributed by atoms with Gasteiger partial charge in [-0.05, 0) is 42.2 Å². The van der Waals surface area contributed by atoms with Crippen LogP contribution in [0.15, 0.2) is 91.0 Å². The monoisotopic (exact) mass is 536 g/mol. The molecule has 8 nitrogen and oxygen atoms in total. The van der Waals surface area contributed by atoms with Gasteiger partial charge in [-0.1, -0.05) is 61.5 Å². The fourth-order valence-corrected chi connectivity index (χ4v) is 4.90. The molecule has 38 heavy (non-hydrogen) atoms. The fraction of sp³-hybridized carbons (Fsp3) is 0.276. The molecule has 0 saturated carbocycles. The first-order chi connectivity index (χ1) is 18.5. The van der Waals surface area contributed by atoms with Crippen molar-refractivity contribution >= 4 is 29.7 Å². The van der Waals surface area contributed by atoms with E-state index >= 15 is 0 Å². The molecule has 1 aliphatic rings. The van der Waals surface area contributed by atoms with E-state index < -0.39 is 47.8 Å². The Hall–Kier alpha value is -3.66. The van der Waals surface area contributed by atoms with Crippen LogP contribution in [0.5, 0.6) is 0 Å². The molecule has 1 saturated heterocycles. The number of aliphatic hydroxyl groups is 1. The highest BCUT2D eigenvalue weighted by molar-refractivity contribution is 7.99. The molecule has 0 radical (unpaired) electrons. The number of rotatable bonds is 9. The van der Waals surface area contributed by atoms with Crippen LogP contribution in [-0.4, -0.2) is 65.2 Å². The van der Waals surface area contributed by atoms with E-state index in [0.29, 0.717) is 16.9 Å². The molecule has 3 aromatic rings. The van der Waals surface area contributed by atoms with Crippen LogP contribution < -0.4 is 0 Å². The normalized spacial score (nSPS) is 22.7. The highest BCUT2D eigenvalue weighted by atomic mass is 32.2. The van der Waals surface area contributed by atoms with Crippen LogP contribution in [-0.2, 0) is 18.9 Å². The molecule has 0 spiro atoms. The number of aliphatic hydroxyl groups excluding tert-OH is 1. The van der Waals surface area contributed by atoms with E-state index in [2.05, 4.69) is 0 Å². The standard InChI is InChI=1S/C29H28O8S/c1-2-38-29-25(37-28(33)21-16-10-5-11-17-21)23(30)24(36-27(32)20-14-8-4-9-15-20)22(35-29)18-34-26(31)19-12-6-3-7-13-19/h3-17,22-25,29-30H,2,18H2,1H3/t22?,23-,24-,25?,29-/m1/s1. The van der Waals surface area contributed by atoms with Gasteiger partial charge in [0.25, 0.3) is 0 Å². The van der Waals surface area contributed by atoms with Gasteiger partial charge in [0.15, 0.2) is 12.2 Å². The minimum atomic E-state index is -1.45. The molecule has 1 aliphatic heterocycles. The average Bonchev–Trinajstić information content (AvgIpc) is 2.96. The summed E-state index contributed by atoms with van der Waals surface area (Å²) in [6, 6.07) is 25.1. The highest BCUT2D eigenvalue weighted by Crippen LogP contribution is 2.33. The molecule has 4 rings (SSSR count). The van der Waals surface area contributed by atoms with Crippen molar-refractivity contribution in [1.82, 2.24) is 0 Å². The van der Waals surface area contributed by atoms with E-state index in [4.69, 9.17) is 18.9 Å². The van der Waals surface area contributed by atoms with Gasteiger partial charge in [0.05, 0.1) is 16.7 Å². The van der Waals surface area contributed by atoms with Crippen molar-refractivity contribution in [3.63, 3.8) is 0 Å². The number of benzene rings is 3. The van der Waals surface area contributed by atoms with Crippen LogP contribution >= 0.6 is 11.8 Å². The van der Waals surface area contributed by atoms with Gasteiger partial charge >= 0.3 is 17.9 Å². The zero-order chi connectivity index (χ0) is 26.9. The SMILES string of the molecule is CCS[C@H]1OC(COC(=O)c2ccccc2)[C@@H](OC(=O)c2ccccc2)[C@@H](O)C1OC(=O)c1ccccc1. The topological polar surface area (TPSA) is 108 Å². The summed E-state index contributed by atoms with van der Waals surface area (Å²) >= 11 is 1.31. The molecule has 3 aromatic carbocycles. The van der Waals surface area contributed by atoms with Gasteiger partial charge in [-0.2, -0.15) is 0 Å². The summed E-state index contributed by atoms with van der Waals surface area (Å²) in [6.45, 7) is 1.60. The van der Waals surface area contributed by atoms with Crippen molar-refractivity contribution < 1.29 is 38.4 Å². The number of hydrogen-bond donors (Lipinski definition) is 1. The van der Waals surface area contributed by atoms with Gasteiger partial charge in [-0.3, -0.25) is 0 Å². The van der Waals surface area contributed by atoms with Crippen molar-refractivity contribution in [2.24, 2.45) is 0 Å². The second-order valence-corrected chi connectivity index (χ2v) is 9.80. The number of carbonyl (C=O) groups is 3. The zero-order valence-electron chi connectivity index (χ0n) is 20.7. The van der Waals surface area contributed by atoms with Crippen molar-refractivity contribution in [3.05, 3.63) is 108 Å². The molecule has 0 aliphatic carbocycles. The Morgan fingerprint density at radius 2 is 1.18 bits per heavy atom. The summed E-state index contributed by atoms with van der Waals surface area (Å²) < 4.78 is 23.0. The molecule has 0 bridgehead atoms. The maximum atomic E-state index is 12.9. The van der Waals surface area contributed by atoms with Crippen molar-refractivity contribution in [2.75, 3.05) is 12.4 Å². The quantitative estimate of drug-likeness (QED) is 0.319. The Bertz CT molecular complexity index is 1200. The molecule has 1 fully saturated rings. The Morgan fingerprint density at radius 1 is 0.737 bits per heavy atom. The van der Waals surface area contributed by atoms with Gasteiger partial charge in [0.2, 0.25) is 0 Å². The smallest absolute Gasteiger partial charge is 0.338 e. The van der Waals surface area contributed by atoms with Crippen LogP contribution in [0.3, 0.4) is 0 Å². The molecule has 5 atom stereocenters. The van der Waals surface area contributed by atoms with E-state index in [9.17, 15) is 19.5 Å². The lowest BCUT2D eigenvalue weighted by Gasteiger charge is -2.43. The van der Waals surface area contributed by atoms with Crippen LogP contribution in [0, 0.1) is 0 Å². The molecule has 1 N–H and O–H groups in total. The lowest BCUT2D eigenvalue weighted by molar-refractivity contribution is -0.206. The predicted molar refractivity (Wildman–Crippen MR) is 141 cm³/mol. The molecule has 198 valence electrons. The Kier molecular flexibility index (Phi) is 9.53. The third-order valence-electron chi connectivity index (χ3n) is 5.84. The van der Waals surface area contributed by atoms with E-state index in [0.717, 1.165) is 0 Å². The lowest BCUT2D eigenvalue weighted by atomic mass is 9.99. The first-order valence-electron chi connectivity index (χ1n) is 12.2. The zero-order valence-corrected chi connectivity index (χ0v) is 21.5. The second kappa shape index (κ2) is 13.2. The Morgan fingerprint density at radius 3 is 1.66 bits per heavy atom. The first kappa shape index (κ1) is 27.4. The maximum Gasteiger partial charge on any atom is 0.338 e. The summed E-state index contributed by atoms with van der Waals surface area (Å²) in [4.78, 5) is 38.3. The summed E-state index contributed by atoms with van der Waals surface area (Å²) in [5.41, 5.74) is 0.116. The molecule has 2 unspecified atom stereocenters. The van der Waals surface area contributed by atoms with Gasteiger partial charge < -0.3 is 24.1 Å². The van der Waals surface area contributed by atoms with E-state index in [1.807, 2.05) is 6.92 Å². The van der Waals surface area contributed by atoms with Gasteiger partial charge in [-0.15, -0.1) is 11.8 Å². The molecule has 9 heteroatoms. The fourth-order valence-electron chi connectivity index (χ4n) is 3.95. The number of hydrogen-bond acceptors (Lipinski definition) is 9. The summed E-state index contributed by atoms with van der Waals surface area (Å²) in [5.74, 6) is -1.36. The predicted octanol–water partition coefficient (Wildman–Crippen LogP) is 4.13. The molecule has 0 aromatic heterocycles. The highest BCUT2D eigenvalue weighted by Gasteiger charge is 2.50. The lowest BCUT2D eigenvalue weighted by Crippen LogP contribution is -2.60. The average molecular weight is 537 g/mol. The number of carbonyl (C=O) groups excluding carboxylic acids is 3. The Balaban J connectivity index is 1.57. The van der Waals surface area contributed by atoms with Crippen LogP contribution in [0.1, 0.15) is 38.0 Å². The van der Waals surface area contributed by atoms with Crippen LogP contribution in [0.25, 0.3) is 0 Å².